The molecule has 0 spiro atoms. The molecule has 0 amide bonds. The minimum Gasteiger partial charge on any atom is -0.396 e. The number of nitrogen functional groups attached to an aromatic ring is 1. The molecule has 0 atom stereocenters. The van der Waals surface area contributed by atoms with Gasteiger partial charge in [0.15, 0.2) is 0 Å². The molecule has 0 radical (unpaired) electrons. The number of hydrogen-bond donors (Lipinski definition) is 3. The van der Waals surface area contributed by atoms with Crippen LogP contribution in [-0.4, -0.2) is 29.1 Å². The second-order valence-corrected chi connectivity index (χ2v) is 3.90. The molecule has 82 valence electrons. The molecule has 1 aliphatic rings. The summed E-state index contributed by atoms with van der Waals surface area (Å²) in [6.45, 7) is 1.84. The van der Waals surface area contributed by atoms with Crippen LogP contribution in [0.4, 0.5) is 11.5 Å². The highest BCUT2D eigenvalue weighted by Gasteiger charge is 2.17. The molecule has 2 rings (SSSR count). The molecular weight excluding hydrogens is 190 g/mol. The Morgan fingerprint density at radius 3 is 2.80 bits per heavy atom. The van der Waals surface area contributed by atoms with Crippen molar-refractivity contribution in [2.45, 2.75) is 18.9 Å². The molecule has 1 fully saturated rings. The molecule has 1 saturated heterocycles. The van der Waals surface area contributed by atoms with Gasteiger partial charge in [-0.3, -0.25) is 5.84 Å². The van der Waals surface area contributed by atoms with Crippen molar-refractivity contribution in [1.82, 2.24) is 9.99 Å². The summed E-state index contributed by atoms with van der Waals surface area (Å²) in [5, 5.41) is 5.20. The number of hydrogen-bond acceptors (Lipinski definition) is 5. The van der Waals surface area contributed by atoms with Crippen molar-refractivity contribution in [1.29, 1.82) is 0 Å². The van der Waals surface area contributed by atoms with Gasteiger partial charge >= 0.3 is 0 Å². The summed E-state index contributed by atoms with van der Waals surface area (Å²) in [4.78, 5) is 4.21. The summed E-state index contributed by atoms with van der Waals surface area (Å²) in [6, 6.07) is 4.12. The zero-order valence-electron chi connectivity index (χ0n) is 8.69. The van der Waals surface area contributed by atoms with Gasteiger partial charge in [0.2, 0.25) is 0 Å². The number of anilines is 2. The average Bonchev–Trinajstić information content (AvgIpc) is 2.25. The molecule has 0 aromatic carbocycles. The Hall–Kier alpha value is -1.33. The Bertz CT molecular complexity index is 319. The van der Waals surface area contributed by atoms with Crippen LogP contribution in [0.15, 0.2) is 18.3 Å². The first-order valence-corrected chi connectivity index (χ1v) is 5.22. The van der Waals surface area contributed by atoms with Crippen LogP contribution >= 0.6 is 0 Å². The third kappa shape index (κ3) is 2.57. The highest BCUT2D eigenvalue weighted by molar-refractivity contribution is 5.60. The summed E-state index contributed by atoms with van der Waals surface area (Å²) < 4.78 is 0. The molecular formula is C10H17N5. The fourth-order valence-corrected chi connectivity index (χ4v) is 1.78. The van der Waals surface area contributed by atoms with E-state index >= 15 is 0 Å². The lowest BCUT2D eigenvalue weighted by Crippen LogP contribution is -2.43. The standard InChI is InChI=1S/C10H17N5/c11-9-2-1-5-13-10(9)14-8-3-6-15(12)7-4-8/h1-2,5,8H,3-4,6-7,11-12H2,(H,13,14). The molecule has 1 aromatic heterocycles. The highest BCUT2D eigenvalue weighted by Crippen LogP contribution is 2.18. The monoisotopic (exact) mass is 207 g/mol. The Balaban J connectivity index is 1.95. The van der Waals surface area contributed by atoms with E-state index in [1.807, 2.05) is 17.1 Å². The van der Waals surface area contributed by atoms with Gasteiger partial charge < -0.3 is 11.1 Å². The molecule has 15 heavy (non-hydrogen) atoms. The van der Waals surface area contributed by atoms with E-state index in [9.17, 15) is 0 Å². The van der Waals surface area contributed by atoms with Crippen LogP contribution in [0.2, 0.25) is 0 Å². The van der Waals surface area contributed by atoms with E-state index in [1.165, 1.54) is 0 Å². The molecule has 5 N–H and O–H groups in total. The molecule has 0 bridgehead atoms. The summed E-state index contributed by atoms with van der Waals surface area (Å²) in [5.74, 6) is 6.47. The summed E-state index contributed by atoms with van der Waals surface area (Å²) in [5.41, 5.74) is 6.51. The predicted molar refractivity (Wildman–Crippen MR) is 61.1 cm³/mol. The van der Waals surface area contributed by atoms with Gasteiger partial charge in [-0.25, -0.2) is 9.99 Å². The first-order valence-electron chi connectivity index (χ1n) is 5.22. The molecule has 5 nitrogen and oxygen atoms in total. The van der Waals surface area contributed by atoms with Gasteiger partial charge in [0.1, 0.15) is 5.82 Å². The number of nitrogens with one attached hydrogen (secondary N) is 1. The van der Waals surface area contributed by atoms with Crippen molar-refractivity contribution in [3.05, 3.63) is 18.3 Å². The average molecular weight is 207 g/mol. The Morgan fingerprint density at radius 2 is 2.13 bits per heavy atom. The summed E-state index contributed by atoms with van der Waals surface area (Å²) >= 11 is 0. The molecule has 5 heteroatoms. The van der Waals surface area contributed by atoms with E-state index in [-0.39, 0.29) is 0 Å². The van der Waals surface area contributed by atoms with Crippen molar-refractivity contribution >= 4 is 11.5 Å². The Kier molecular flexibility index (Phi) is 3.03. The number of nitrogens with two attached hydrogens (primary N) is 2. The smallest absolute Gasteiger partial charge is 0.149 e. The van der Waals surface area contributed by atoms with Crippen LogP contribution in [0.25, 0.3) is 0 Å². The van der Waals surface area contributed by atoms with Gasteiger partial charge in [0.25, 0.3) is 0 Å². The molecule has 2 heterocycles. The SMILES string of the molecule is Nc1cccnc1NC1CCN(N)CC1. The van der Waals surface area contributed by atoms with E-state index in [2.05, 4.69) is 10.3 Å². The second-order valence-electron chi connectivity index (χ2n) is 3.90. The quantitative estimate of drug-likeness (QED) is 0.612. The van der Waals surface area contributed by atoms with Crippen molar-refractivity contribution in [2.75, 3.05) is 24.1 Å². The van der Waals surface area contributed by atoms with E-state index < -0.39 is 0 Å². The first-order chi connectivity index (χ1) is 7.25. The van der Waals surface area contributed by atoms with Gasteiger partial charge in [-0.05, 0) is 25.0 Å². The lowest BCUT2D eigenvalue weighted by molar-refractivity contribution is 0.224. The Morgan fingerprint density at radius 1 is 1.40 bits per heavy atom. The maximum Gasteiger partial charge on any atom is 0.149 e. The van der Waals surface area contributed by atoms with Crippen LogP contribution in [0, 0.1) is 0 Å². The van der Waals surface area contributed by atoms with Gasteiger partial charge in [0.05, 0.1) is 5.69 Å². The summed E-state index contributed by atoms with van der Waals surface area (Å²) in [6.07, 6.45) is 3.82. The summed E-state index contributed by atoms with van der Waals surface area (Å²) in [7, 11) is 0. The minimum absolute atomic E-state index is 0.432. The number of hydrazine groups is 1. The topological polar surface area (TPSA) is 80.2 Å². The lowest BCUT2D eigenvalue weighted by Gasteiger charge is -2.29. The van der Waals surface area contributed by atoms with E-state index in [1.54, 1.807) is 6.20 Å². The highest BCUT2D eigenvalue weighted by atomic mass is 15.4. The zero-order valence-corrected chi connectivity index (χ0v) is 8.69. The minimum atomic E-state index is 0.432. The van der Waals surface area contributed by atoms with Crippen molar-refractivity contribution < 1.29 is 0 Å². The van der Waals surface area contributed by atoms with Crippen molar-refractivity contribution in [3.63, 3.8) is 0 Å². The third-order valence-electron chi connectivity index (χ3n) is 2.71. The first kappa shape index (κ1) is 10.2. The molecule has 0 unspecified atom stereocenters. The maximum atomic E-state index is 5.80. The molecule has 0 saturated carbocycles. The molecule has 1 aromatic rings. The van der Waals surface area contributed by atoms with Gasteiger partial charge in [-0.2, -0.15) is 0 Å². The maximum absolute atomic E-state index is 5.80. The number of piperidine rings is 1. The number of rotatable bonds is 2. The zero-order chi connectivity index (χ0) is 10.7. The van der Waals surface area contributed by atoms with Crippen LogP contribution in [-0.2, 0) is 0 Å². The van der Waals surface area contributed by atoms with Gasteiger partial charge in [0, 0.05) is 25.3 Å². The van der Waals surface area contributed by atoms with Crippen molar-refractivity contribution in [2.24, 2.45) is 5.84 Å². The third-order valence-corrected chi connectivity index (χ3v) is 2.71. The van der Waals surface area contributed by atoms with Crippen LogP contribution in [0.3, 0.4) is 0 Å². The van der Waals surface area contributed by atoms with E-state index in [0.717, 1.165) is 31.7 Å². The van der Waals surface area contributed by atoms with Gasteiger partial charge in [-0.15, -0.1) is 0 Å². The fraction of sp³-hybridized carbons (Fsp3) is 0.500. The van der Waals surface area contributed by atoms with Crippen molar-refractivity contribution in [3.8, 4) is 0 Å². The number of aromatic nitrogens is 1. The second kappa shape index (κ2) is 4.46. The lowest BCUT2D eigenvalue weighted by atomic mass is 10.1. The molecule has 0 aliphatic carbocycles. The normalized spacial score (nSPS) is 19.0. The Labute approximate surface area is 89.4 Å². The van der Waals surface area contributed by atoms with Crippen LogP contribution in [0.1, 0.15) is 12.8 Å². The van der Waals surface area contributed by atoms with Crippen LogP contribution < -0.4 is 16.9 Å². The number of pyridine rings is 1. The van der Waals surface area contributed by atoms with Crippen LogP contribution in [0.5, 0.6) is 0 Å². The van der Waals surface area contributed by atoms with E-state index in [0.29, 0.717) is 11.7 Å². The van der Waals surface area contributed by atoms with Gasteiger partial charge in [-0.1, -0.05) is 0 Å². The largest absolute Gasteiger partial charge is 0.396 e. The predicted octanol–water partition coefficient (Wildman–Crippen LogP) is 0.414. The number of nitrogens with zero attached hydrogens (tertiary/aromatic N) is 2. The fourth-order valence-electron chi connectivity index (χ4n) is 1.78. The van der Waals surface area contributed by atoms with E-state index in [4.69, 9.17) is 11.6 Å². The molecule has 1 aliphatic heterocycles.